The molecule has 0 unspecified atom stereocenters. The molecule has 0 aliphatic heterocycles. The molecule has 0 bridgehead atoms. The first-order valence-corrected chi connectivity index (χ1v) is 18.9. The molecular formula is C50H46N4O. The molecule has 0 aliphatic carbocycles. The SMILES string of the molecule is Cc1cnc(-c2cccc(-c3nccc4c3nc(-c3cc(C(C)(C)C)cc(C(C)(C)C)c3O)n4-c3ccccc3)c2)cc1-c1ccc(-c2ccccc2)cc1. The first-order valence-electron chi connectivity index (χ1n) is 18.9. The second-order valence-electron chi connectivity index (χ2n) is 16.5. The van der Waals surface area contributed by atoms with Gasteiger partial charge in [0.25, 0.3) is 0 Å². The van der Waals surface area contributed by atoms with Crippen LogP contribution in [0, 0.1) is 6.92 Å². The van der Waals surface area contributed by atoms with Gasteiger partial charge in [0.1, 0.15) is 17.1 Å². The van der Waals surface area contributed by atoms with E-state index in [0.717, 1.165) is 67.1 Å². The summed E-state index contributed by atoms with van der Waals surface area (Å²) in [5, 5.41) is 12.0. The number of aromatic hydroxyl groups is 1. The quantitative estimate of drug-likeness (QED) is 0.186. The van der Waals surface area contributed by atoms with E-state index in [0.29, 0.717) is 11.4 Å². The van der Waals surface area contributed by atoms with Crippen molar-refractivity contribution in [2.24, 2.45) is 0 Å². The topological polar surface area (TPSA) is 63.8 Å². The van der Waals surface area contributed by atoms with Crippen molar-refractivity contribution in [1.82, 2.24) is 19.5 Å². The Morgan fingerprint density at radius 1 is 0.564 bits per heavy atom. The van der Waals surface area contributed by atoms with Crippen LogP contribution in [0.5, 0.6) is 5.75 Å². The Kier molecular flexibility index (Phi) is 8.97. The average Bonchev–Trinajstić information content (AvgIpc) is 3.58. The molecule has 0 fully saturated rings. The van der Waals surface area contributed by atoms with E-state index in [4.69, 9.17) is 15.0 Å². The highest BCUT2D eigenvalue weighted by Crippen LogP contribution is 2.44. The summed E-state index contributed by atoms with van der Waals surface area (Å²) >= 11 is 0. The minimum atomic E-state index is -0.285. The third kappa shape index (κ3) is 6.83. The molecule has 8 rings (SSSR count). The molecule has 0 saturated carbocycles. The predicted molar refractivity (Wildman–Crippen MR) is 228 cm³/mol. The summed E-state index contributed by atoms with van der Waals surface area (Å²) in [6, 6.07) is 46.3. The van der Waals surface area contributed by atoms with Crippen LogP contribution < -0.4 is 0 Å². The van der Waals surface area contributed by atoms with Crippen molar-refractivity contribution in [2.45, 2.75) is 59.3 Å². The number of fused-ring (bicyclic) bond motifs is 1. The Morgan fingerprint density at radius 2 is 1.20 bits per heavy atom. The lowest BCUT2D eigenvalue weighted by Gasteiger charge is -2.27. The first-order chi connectivity index (χ1) is 26.4. The largest absolute Gasteiger partial charge is 0.507 e. The number of imidazole rings is 1. The number of nitrogens with zero attached hydrogens (tertiary/aromatic N) is 4. The smallest absolute Gasteiger partial charge is 0.149 e. The molecule has 55 heavy (non-hydrogen) atoms. The molecular weight excluding hydrogens is 673 g/mol. The fourth-order valence-electron chi connectivity index (χ4n) is 7.34. The predicted octanol–water partition coefficient (Wildman–Crippen LogP) is 12.8. The maximum Gasteiger partial charge on any atom is 0.149 e. The van der Waals surface area contributed by atoms with Gasteiger partial charge in [-0.05, 0) is 87.5 Å². The summed E-state index contributed by atoms with van der Waals surface area (Å²) < 4.78 is 2.15. The third-order valence-electron chi connectivity index (χ3n) is 10.5. The van der Waals surface area contributed by atoms with E-state index in [1.807, 2.05) is 42.7 Å². The maximum absolute atomic E-state index is 12.0. The minimum absolute atomic E-state index is 0.144. The number of pyridine rings is 2. The van der Waals surface area contributed by atoms with Gasteiger partial charge in [-0.2, -0.15) is 0 Å². The van der Waals surface area contributed by atoms with Crippen LogP contribution in [0.1, 0.15) is 58.2 Å². The van der Waals surface area contributed by atoms with Crippen LogP contribution in [0.2, 0.25) is 0 Å². The van der Waals surface area contributed by atoms with E-state index in [1.54, 1.807) is 0 Å². The zero-order valence-corrected chi connectivity index (χ0v) is 32.6. The molecule has 1 N–H and O–H groups in total. The normalized spacial score (nSPS) is 12.0. The Bertz CT molecular complexity index is 2660. The number of hydrogen-bond donors (Lipinski definition) is 1. The molecule has 3 aromatic heterocycles. The zero-order chi connectivity index (χ0) is 38.5. The van der Waals surface area contributed by atoms with Crippen LogP contribution in [0.15, 0.2) is 146 Å². The fourth-order valence-corrected chi connectivity index (χ4v) is 7.34. The molecule has 5 aromatic carbocycles. The average molecular weight is 719 g/mol. The molecule has 0 atom stereocenters. The number of aromatic nitrogens is 4. The lowest BCUT2D eigenvalue weighted by atomic mass is 9.79. The van der Waals surface area contributed by atoms with Gasteiger partial charge in [-0.15, -0.1) is 0 Å². The second kappa shape index (κ2) is 13.8. The third-order valence-corrected chi connectivity index (χ3v) is 10.5. The van der Waals surface area contributed by atoms with Gasteiger partial charge in [0.15, 0.2) is 0 Å². The van der Waals surface area contributed by atoms with Crippen LogP contribution in [0.25, 0.3) is 72.9 Å². The van der Waals surface area contributed by atoms with Crippen molar-refractivity contribution in [1.29, 1.82) is 0 Å². The highest BCUT2D eigenvalue weighted by atomic mass is 16.3. The summed E-state index contributed by atoms with van der Waals surface area (Å²) in [5.41, 5.74) is 14.3. The van der Waals surface area contributed by atoms with Crippen molar-refractivity contribution in [3.8, 4) is 67.6 Å². The molecule has 0 amide bonds. The van der Waals surface area contributed by atoms with Gasteiger partial charge in [-0.3, -0.25) is 14.5 Å². The molecule has 8 aromatic rings. The number of aryl methyl sites for hydroxylation is 1. The first kappa shape index (κ1) is 35.7. The van der Waals surface area contributed by atoms with Gasteiger partial charge in [-0.25, -0.2) is 4.98 Å². The van der Waals surface area contributed by atoms with Crippen LogP contribution in [0.4, 0.5) is 0 Å². The second-order valence-corrected chi connectivity index (χ2v) is 16.5. The van der Waals surface area contributed by atoms with Gasteiger partial charge in [0.2, 0.25) is 0 Å². The molecule has 0 aliphatic rings. The lowest BCUT2D eigenvalue weighted by molar-refractivity contribution is 0.446. The Morgan fingerprint density at radius 3 is 1.89 bits per heavy atom. The Hall–Kier alpha value is -6.33. The van der Waals surface area contributed by atoms with E-state index >= 15 is 0 Å². The van der Waals surface area contributed by atoms with Gasteiger partial charge in [0.05, 0.1) is 22.5 Å². The molecule has 272 valence electrons. The van der Waals surface area contributed by atoms with Crippen LogP contribution >= 0.6 is 0 Å². The summed E-state index contributed by atoms with van der Waals surface area (Å²) in [6.07, 6.45) is 3.81. The number of phenolic OH excluding ortho intramolecular Hbond substituents is 1. The number of phenols is 1. The highest BCUT2D eigenvalue weighted by Gasteiger charge is 2.28. The highest BCUT2D eigenvalue weighted by molar-refractivity contribution is 5.95. The summed E-state index contributed by atoms with van der Waals surface area (Å²) in [6.45, 7) is 15.1. The van der Waals surface area contributed by atoms with E-state index in [9.17, 15) is 5.11 Å². The lowest BCUT2D eigenvalue weighted by Crippen LogP contribution is -2.17. The van der Waals surface area contributed by atoms with E-state index < -0.39 is 0 Å². The standard InChI is InChI=1S/C50H46N4O/c1-32-31-52-43(30-40(32)35-23-21-34(22-24-35)33-15-10-8-11-16-33)36-17-14-18-37(27-36)45-46-44(25-26-51-45)54(39-19-12-9-13-20-39)48(53-46)41-28-38(49(2,3)4)29-42(47(41)55)50(5,6)7/h8-31,55H,1-7H3. The molecule has 0 spiro atoms. The van der Waals surface area contributed by atoms with Crippen LogP contribution in [-0.4, -0.2) is 24.6 Å². The number of hydrogen-bond acceptors (Lipinski definition) is 4. The summed E-state index contributed by atoms with van der Waals surface area (Å²) in [5.74, 6) is 0.921. The van der Waals surface area contributed by atoms with Crippen molar-refractivity contribution >= 4 is 11.0 Å². The molecule has 0 saturated heterocycles. The van der Waals surface area contributed by atoms with E-state index in [-0.39, 0.29) is 16.6 Å². The van der Waals surface area contributed by atoms with Gasteiger partial charge in [0, 0.05) is 34.8 Å². The van der Waals surface area contributed by atoms with Crippen LogP contribution in [-0.2, 0) is 10.8 Å². The Balaban J connectivity index is 1.26. The van der Waals surface area contributed by atoms with E-state index in [2.05, 4.69) is 156 Å². The monoisotopic (exact) mass is 718 g/mol. The van der Waals surface area contributed by atoms with Crippen molar-refractivity contribution in [2.75, 3.05) is 0 Å². The van der Waals surface area contributed by atoms with Gasteiger partial charge >= 0.3 is 0 Å². The van der Waals surface area contributed by atoms with Crippen molar-refractivity contribution in [3.63, 3.8) is 0 Å². The van der Waals surface area contributed by atoms with Crippen LogP contribution in [0.3, 0.4) is 0 Å². The summed E-state index contributed by atoms with van der Waals surface area (Å²) in [7, 11) is 0. The fraction of sp³-hybridized carbons (Fsp3) is 0.180. The zero-order valence-electron chi connectivity index (χ0n) is 32.6. The van der Waals surface area contributed by atoms with Crippen molar-refractivity contribution < 1.29 is 5.11 Å². The molecule has 5 heteroatoms. The molecule has 5 nitrogen and oxygen atoms in total. The summed E-state index contributed by atoms with van der Waals surface area (Å²) in [4.78, 5) is 15.2. The number of para-hydroxylation sites is 1. The maximum atomic E-state index is 12.0. The van der Waals surface area contributed by atoms with Gasteiger partial charge in [-0.1, -0.05) is 139 Å². The molecule has 0 radical (unpaired) electrons. The number of benzene rings is 5. The Labute approximate surface area is 324 Å². The van der Waals surface area contributed by atoms with Crippen molar-refractivity contribution in [3.05, 3.63) is 163 Å². The molecule has 3 heterocycles. The minimum Gasteiger partial charge on any atom is -0.507 e. The number of rotatable bonds is 6. The van der Waals surface area contributed by atoms with E-state index in [1.165, 1.54) is 11.1 Å². The van der Waals surface area contributed by atoms with Gasteiger partial charge < -0.3 is 5.11 Å².